The van der Waals surface area contributed by atoms with Gasteiger partial charge in [-0.05, 0) is 5.57 Å². The molecule has 0 aromatic carbocycles. The average Bonchev–Trinajstić information content (AvgIpc) is 2.60. The van der Waals surface area contributed by atoms with E-state index in [1.54, 1.807) is 6.08 Å². The zero-order valence-corrected chi connectivity index (χ0v) is 9.39. The molecule has 1 aliphatic heterocycles. The molecule has 13 heavy (non-hydrogen) atoms. The molecule has 0 amide bonds. The van der Waals surface area contributed by atoms with Gasteiger partial charge in [0.2, 0.25) is 0 Å². The molecule has 1 saturated heterocycles. The molecule has 0 aromatic heterocycles. The predicted octanol–water partition coefficient (Wildman–Crippen LogP) is 4.09. The van der Waals surface area contributed by atoms with Crippen molar-refractivity contribution in [2.45, 2.75) is 34.1 Å². The molecule has 1 heterocycles. The SMILES string of the molecule is C=C/C=C1/CCOC1=C.CC.CC. The van der Waals surface area contributed by atoms with Crippen molar-refractivity contribution in [3.8, 4) is 0 Å². The quantitative estimate of drug-likeness (QED) is 0.593. The third-order valence-electron chi connectivity index (χ3n) is 1.32. The molecule has 1 nitrogen and oxygen atoms in total. The maximum Gasteiger partial charge on any atom is 0.115 e. The van der Waals surface area contributed by atoms with Crippen LogP contribution >= 0.6 is 0 Å². The second kappa shape index (κ2) is 11.0. The summed E-state index contributed by atoms with van der Waals surface area (Å²) in [6.45, 7) is 16.1. The van der Waals surface area contributed by atoms with Gasteiger partial charge in [0.25, 0.3) is 0 Å². The summed E-state index contributed by atoms with van der Waals surface area (Å²) in [6.07, 6.45) is 4.68. The van der Waals surface area contributed by atoms with Crippen LogP contribution in [0.25, 0.3) is 0 Å². The molecular formula is C12H22O. The fourth-order valence-electron chi connectivity index (χ4n) is 0.835. The third kappa shape index (κ3) is 6.21. The Bertz CT molecular complexity index is 166. The maximum atomic E-state index is 5.11. The van der Waals surface area contributed by atoms with Crippen molar-refractivity contribution in [1.29, 1.82) is 0 Å². The van der Waals surface area contributed by atoms with Crippen LogP contribution in [0.5, 0.6) is 0 Å². The fourth-order valence-corrected chi connectivity index (χ4v) is 0.835. The standard InChI is InChI=1S/C8H10O.2C2H6/c1-3-4-8-5-6-9-7(8)2;2*1-2/h3-4H,1-2,5-6H2;2*1-2H3/b8-4-;;. The lowest BCUT2D eigenvalue weighted by atomic mass is 10.2. The maximum absolute atomic E-state index is 5.11. The zero-order valence-electron chi connectivity index (χ0n) is 9.39. The van der Waals surface area contributed by atoms with Crippen molar-refractivity contribution in [2.75, 3.05) is 6.61 Å². The van der Waals surface area contributed by atoms with Gasteiger partial charge in [-0.15, -0.1) is 0 Å². The Hall–Kier alpha value is -0.980. The van der Waals surface area contributed by atoms with Gasteiger partial charge in [-0.25, -0.2) is 0 Å². The van der Waals surface area contributed by atoms with Gasteiger partial charge in [0.1, 0.15) is 5.76 Å². The van der Waals surface area contributed by atoms with Gasteiger partial charge in [-0.1, -0.05) is 53.0 Å². The van der Waals surface area contributed by atoms with Gasteiger partial charge < -0.3 is 4.74 Å². The number of ether oxygens (including phenoxy) is 1. The largest absolute Gasteiger partial charge is 0.494 e. The smallest absolute Gasteiger partial charge is 0.115 e. The van der Waals surface area contributed by atoms with E-state index < -0.39 is 0 Å². The summed E-state index contributed by atoms with van der Waals surface area (Å²) in [5, 5.41) is 0. The second-order valence-electron chi connectivity index (χ2n) is 1.95. The third-order valence-corrected chi connectivity index (χ3v) is 1.32. The van der Waals surface area contributed by atoms with Crippen molar-refractivity contribution in [1.82, 2.24) is 0 Å². The van der Waals surface area contributed by atoms with E-state index in [1.807, 2.05) is 33.8 Å². The summed E-state index contributed by atoms with van der Waals surface area (Å²) < 4.78 is 5.11. The molecule has 0 bridgehead atoms. The van der Waals surface area contributed by atoms with E-state index in [2.05, 4.69) is 13.2 Å². The molecule has 0 spiro atoms. The number of hydrogen-bond donors (Lipinski definition) is 0. The molecule has 0 saturated carbocycles. The highest BCUT2D eigenvalue weighted by Crippen LogP contribution is 2.21. The zero-order chi connectivity index (χ0) is 10.7. The van der Waals surface area contributed by atoms with E-state index in [9.17, 15) is 0 Å². The molecule has 0 aromatic rings. The Labute approximate surface area is 82.8 Å². The van der Waals surface area contributed by atoms with E-state index >= 15 is 0 Å². The lowest BCUT2D eigenvalue weighted by Gasteiger charge is -1.92. The summed E-state index contributed by atoms with van der Waals surface area (Å²) in [5.41, 5.74) is 1.17. The van der Waals surface area contributed by atoms with Crippen LogP contribution < -0.4 is 0 Å². The molecule has 0 unspecified atom stereocenters. The van der Waals surface area contributed by atoms with Crippen molar-refractivity contribution < 1.29 is 4.74 Å². The highest BCUT2D eigenvalue weighted by atomic mass is 16.5. The van der Waals surface area contributed by atoms with E-state index in [4.69, 9.17) is 4.74 Å². The molecule has 1 fully saturated rings. The Morgan fingerprint density at radius 3 is 2.08 bits per heavy atom. The van der Waals surface area contributed by atoms with Gasteiger partial charge >= 0.3 is 0 Å². The molecule has 1 heteroatoms. The highest BCUT2D eigenvalue weighted by molar-refractivity contribution is 5.29. The molecule has 0 aliphatic carbocycles. The van der Waals surface area contributed by atoms with E-state index in [-0.39, 0.29) is 0 Å². The van der Waals surface area contributed by atoms with Gasteiger partial charge in [0, 0.05) is 6.42 Å². The Morgan fingerprint density at radius 1 is 1.23 bits per heavy atom. The fraction of sp³-hybridized carbons (Fsp3) is 0.500. The van der Waals surface area contributed by atoms with E-state index in [1.165, 1.54) is 5.57 Å². The number of allylic oxidation sites excluding steroid dienone is 3. The second-order valence-corrected chi connectivity index (χ2v) is 1.95. The summed E-state index contributed by atoms with van der Waals surface area (Å²) in [4.78, 5) is 0. The van der Waals surface area contributed by atoms with Gasteiger partial charge in [0.05, 0.1) is 6.61 Å². The monoisotopic (exact) mass is 182 g/mol. The normalized spacial score (nSPS) is 16.3. The molecular weight excluding hydrogens is 160 g/mol. The highest BCUT2D eigenvalue weighted by Gasteiger charge is 2.10. The molecule has 76 valence electrons. The first-order valence-corrected chi connectivity index (χ1v) is 4.98. The van der Waals surface area contributed by atoms with E-state index in [0.29, 0.717) is 0 Å². The number of rotatable bonds is 1. The molecule has 1 aliphatic rings. The van der Waals surface area contributed by atoms with Gasteiger partial charge in [-0.3, -0.25) is 0 Å². The average molecular weight is 182 g/mol. The first-order valence-electron chi connectivity index (χ1n) is 4.98. The van der Waals surface area contributed by atoms with Crippen LogP contribution in [0.1, 0.15) is 34.1 Å². The molecule has 1 rings (SSSR count). The topological polar surface area (TPSA) is 9.23 Å². The van der Waals surface area contributed by atoms with Crippen molar-refractivity contribution in [2.24, 2.45) is 0 Å². The van der Waals surface area contributed by atoms with Crippen LogP contribution in [-0.2, 0) is 4.74 Å². The lowest BCUT2D eigenvalue weighted by Crippen LogP contribution is -1.74. The molecule has 0 radical (unpaired) electrons. The summed E-state index contributed by atoms with van der Waals surface area (Å²) >= 11 is 0. The summed E-state index contributed by atoms with van der Waals surface area (Å²) in [7, 11) is 0. The van der Waals surface area contributed by atoms with Crippen LogP contribution in [0.3, 0.4) is 0 Å². The minimum atomic E-state index is 0.776. The Kier molecular flexibility index (Phi) is 12.3. The minimum Gasteiger partial charge on any atom is -0.494 e. The van der Waals surface area contributed by atoms with Gasteiger partial charge in [0.15, 0.2) is 0 Å². The minimum absolute atomic E-state index is 0.776. The number of hydrogen-bond acceptors (Lipinski definition) is 1. The van der Waals surface area contributed by atoms with Gasteiger partial charge in [-0.2, -0.15) is 0 Å². The molecule has 0 N–H and O–H groups in total. The Balaban J connectivity index is 0. The predicted molar refractivity (Wildman–Crippen MR) is 60.7 cm³/mol. The van der Waals surface area contributed by atoms with Crippen LogP contribution in [0.4, 0.5) is 0 Å². The lowest BCUT2D eigenvalue weighted by molar-refractivity contribution is 0.267. The van der Waals surface area contributed by atoms with Crippen molar-refractivity contribution in [3.05, 3.63) is 36.6 Å². The Morgan fingerprint density at radius 2 is 1.77 bits per heavy atom. The first-order chi connectivity index (χ1) is 6.34. The van der Waals surface area contributed by atoms with Crippen LogP contribution in [-0.4, -0.2) is 6.61 Å². The van der Waals surface area contributed by atoms with E-state index in [0.717, 1.165) is 18.8 Å². The summed E-state index contributed by atoms with van der Waals surface area (Å²) in [6, 6.07) is 0. The van der Waals surface area contributed by atoms with Crippen molar-refractivity contribution >= 4 is 0 Å². The van der Waals surface area contributed by atoms with Crippen LogP contribution in [0.15, 0.2) is 36.6 Å². The first kappa shape index (κ1) is 14.5. The van der Waals surface area contributed by atoms with Crippen molar-refractivity contribution in [3.63, 3.8) is 0 Å². The van der Waals surface area contributed by atoms with Crippen LogP contribution in [0.2, 0.25) is 0 Å². The molecule has 0 atom stereocenters. The summed E-state index contributed by atoms with van der Waals surface area (Å²) in [5.74, 6) is 0.801. The van der Waals surface area contributed by atoms with Crippen LogP contribution in [0, 0.1) is 0 Å².